The summed E-state index contributed by atoms with van der Waals surface area (Å²) in [7, 11) is 2.06. The number of carbonyl (C=O) groups excluding carboxylic acids is 2. The Hall–Kier alpha value is -3.26. The molecule has 0 bridgehead atoms. The number of ether oxygens (including phenoxy) is 2. The van der Waals surface area contributed by atoms with Gasteiger partial charge in [-0.15, -0.1) is 11.3 Å². The Bertz CT molecular complexity index is 1200. The number of esters is 1. The number of alkyl halides is 3. The van der Waals surface area contributed by atoms with Crippen LogP contribution >= 0.6 is 11.3 Å². The Morgan fingerprint density at radius 3 is 2.39 bits per heavy atom. The largest absolute Gasteiger partial charge is 0.496 e. The summed E-state index contributed by atoms with van der Waals surface area (Å²) >= 11 is 0.990. The zero-order valence-corrected chi connectivity index (χ0v) is 21.4. The molecule has 2 N–H and O–H groups in total. The number of thiophene rings is 1. The van der Waals surface area contributed by atoms with Gasteiger partial charge in [0.2, 0.25) is 0 Å². The molecule has 0 fully saturated rings. The van der Waals surface area contributed by atoms with Gasteiger partial charge in [-0.2, -0.15) is 18.4 Å². The minimum atomic E-state index is -5.33. The summed E-state index contributed by atoms with van der Waals surface area (Å²) in [4.78, 5) is 26.5. The molecule has 2 atom stereocenters. The van der Waals surface area contributed by atoms with E-state index in [4.69, 9.17) is 4.74 Å². The first-order chi connectivity index (χ1) is 16.8. The zero-order chi connectivity index (χ0) is 26.9. The molecule has 0 radical (unpaired) electrons. The Kier molecular flexibility index (Phi) is 7.60. The molecule has 1 aliphatic carbocycles. The fourth-order valence-corrected chi connectivity index (χ4v) is 5.65. The smallest absolute Gasteiger partial charge is 0.441 e. The summed E-state index contributed by atoms with van der Waals surface area (Å²) in [5.74, 6) is -2.69. The van der Waals surface area contributed by atoms with Gasteiger partial charge in [-0.3, -0.25) is 4.79 Å². The highest BCUT2D eigenvalue weighted by Gasteiger charge is 2.64. The van der Waals surface area contributed by atoms with Crippen LogP contribution in [0, 0.1) is 22.7 Å². The summed E-state index contributed by atoms with van der Waals surface area (Å²) in [6.07, 6.45) is -3.41. The van der Waals surface area contributed by atoms with E-state index in [0.717, 1.165) is 29.7 Å². The van der Waals surface area contributed by atoms with Gasteiger partial charge in [0.1, 0.15) is 16.8 Å². The molecule has 11 heteroatoms. The summed E-state index contributed by atoms with van der Waals surface area (Å²) in [5, 5.41) is 13.6. The van der Waals surface area contributed by atoms with Gasteiger partial charge in [0.15, 0.2) is 0 Å². The highest BCUT2D eigenvalue weighted by molar-refractivity contribution is 7.16. The molecule has 1 amide bonds. The average Bonchev–Trinajstić information content (AvgIpc) is 3.17. The van der Waals surface area contributed by atoms with Crippen molar-refractivity contribution in [1.82, 2.24) is 5.32 Å². The number of nitrogens with one attached hydrogen (secondary N) is 2. The van der Waals surface area contributed by atoms with Crippen LogP contribution in [-0.4, -0.2) is 37.9 Å². The van der Waals surface area contributed by atoms with Crippen molar-refractivity contribution in [3.8, 4) is 11.8 Å². The number of para-hydroxylation sites is 1. The summed E-state index contributed by atoms with van der Waals surface area (Å²) in [6.45, 7) is 6.29. The molecular weight excluding hydrogens is 495 g/mol. The van der Waals surface area contributed by atoms with Crippen LogP contribution in [-0.2, 0) is 22.4 Å². The molecule has 3 rings (SSSR count). The van der Waals surface area contributed by atoms with Gasteiger partial charge in [0.05, 0.1) is 25.3 Å². The zero-order valence-electron chi connectivity index (χ0n) is 20.6. The topological polar surface area (TPSA) is 100 Å². The lowest BCUT2D eigenvalue weighted by Gasteiger charge is -2.34. The number of anilines is 1. The molecule has 2 aromatic rings. The molecular formula is C25H28F3N3O4S. The van der Waals surface area contributed by atoms with E-state index in [-0.39, 0.29) is 33.2 Å². The number of halogens is 3. The predicted octanol–water partition coefficient (Wildman–Crippen LogP) is 5.05. The number of hydrogen-bond acceptors (Lipinski definition) is 7. The number of nitriles is 1. The van der Waals surface area contributed by atoms with E-state index in [2.05, 4.69) is 30.8 Å². The lowest BCUT2D eigenvalue weighted by molar-refractivity contribution is -0.203. The molecule has 0 spiro atoms. The molecule has 0 saturated heterocycles. The number of nitrogens with zero attached hydrogens (tertiary/aromatic N) is 1. The van der Waals surface area contributed by atoms with Crippen LogP contribution in [0.1, 0.15) is 53.6 Å². The maximum absolute atomic E-state index is 14.6. The highest BCUT2D eigenvalue weighted by atomic mass is 32.1. The first kappa shape index (κ1) is 27.3. The fourth-order valence-electron chi connectivity index (χ4n) is 4.32. The Morgan fingerprint density at radius 1 is 1.17 bits per heavy atom. The molecule has 0 unspecified atom stereocenters. The van der Waals surface area contributed by atoms with Crippen LogP contribution in [0.2, 0.25) is 0 Å². The second kappa shape index (κ2) is 10.0. The van der Waals surface area contributed by atoms with Crippen LogP contribution in [0.15, 0.2) is 24.3 Å². The quantitative estimate of drug-likeness (QED) is 0.406. The van der Waals surface area contributed by atoms with E-state index in [1.165, 1.54) is 25.3 Å². The van der Waals surface area contributed by atoms with E-state index in [1.54, 1.807) is 11.4 Å². The molecule has 194 valence electrons. The molecule has 1 heterocycles. The molecule has 1 aliphatic rings. The number of rotatable bonds is 6. The lowest BCUT2D eigenvalue weighted by atomic mass is 9.72. The minimum absolute atomic E-state index is 0.0213. The standard InChI is InChI=1S/C25H28F3N3O4S/c1-23(2,3)14-10-11-15-17(13-29)21(36-19(15)12-14)31-24(22(33)35-5,25(26,27)28)30-20(32)16-8-6-7-9-18(16)34-4/h6-9,14,31H,10-12H2,1-5H3,(H,30,32)/t14-,24-/m1/s1. The van der Waals surface area contributed by atoms with Crippen molar-refractivity contribution in [2.24, 2.45) is 11.3 Å². The molecule has 0 aliphatic heterocycles. The molecule has 1 aromatic heterocycles. The predicted molar refractivity (Wildman–Crippen MR) is 129 cm³/mol. The maximum atomic E-state index is 14.6. The van der Waals surface area contributed by atoms with E-state index >= 15 is 0 Å². The molecule has 7 nitrogen and oxygen atoms in total. The summed E-state index contributed by atoms with van der Waals surface area (Å²) in [6, 6.07) is 7.66. The van der Waals surface area contributed by atoms with Crippen molar-refractivity contribution >= 4 is 28.2 Å². The normalized spacial score (nSPS) is 17.2. The van der Waals surface area contributed by atoms with Gasteiger partial charge in [-0.05, 0) is 48.3 Å². The van der Waals surface area contributed by atoms with E-state index in [1.807, 2.05) is 6.07 Å². The van der Waals surface area contributed by atoms with Crippen molar-refractivity contribution in [3.05, 3.63) is 45.8 Å². The monoisotopic (exact) mass is 523 g/mol. The van der Waals surface area contributed by atoms with Crippen LogP contribution < -0.4 is 15.4 Å². The highest BCUT2D eigenvalue weighted by Crippen LogP contribution is 2.45. The Morgan fingerprint density at radius 2 is 1.83 bits per heavy atom. The van der Waals surface area contributed by atoms with E-state index in [0.29, 0.717) is 18.4 Å². The van der Waals surface area contributed by atoms with Crippen molar-refractivity contribution in [3.63, 3.8) is 0 Å². The second-order valence-electron chi connectivity index (χ2n) is 9.64. The Balaban J connectivity index is 2.09. The van der Waals surface area contributed by atoms with Gasteiger partial charge < -0.3 is 20.1 Å². The van der Waals surface area contributed by atoms with Crippen LogP contribution in [0.25, 0.3) is 0 Å². The van der Waals surface area contributed by atoms with Crippen LogP contribution in [0.3, 0.4) is 0 Å². The number of hydrogen-bond donors (Lipinski definition) is 2. The molecule has 0 saturated carbocycles. The SMILES string of the molecule is COC(=O)[C@@](NC(=O)c1ccccc1OC)(Nc1sc2c(c1C#N)CC[C@@H](C(C)(C)C)C2)C(F)(F)F. The third-order valence-corrected chi connectivity index (χ3v) is 7.64. The number of carbonyl (C=O) groups is 2. The molecule has 36 heavy (non-hydrogen) atoms. The van der Waals surface area contributed by atoms with Gasteiger partial charge >= 0.3 is 17.8 Å². The number of methoxy groups -OCH3 is 2. The summed E-state index contributed by atoms with van der Waals surface area (Å²) in [5.41, 5.74) is -3.18. The van der Waals surface area contributed by atoms with E-state index in [9.17, 15) is 28.0 Å². The minimum Gasteiger partial charge on any atom is -0.496 e. The lowest BCUT2D eigenvalue weighted by Crippen LogP contribution is -2.69. The van der Waals surface area contributed by atoms with Crippen molar-refractivity contribution in [1.29, 1.82) is 5.26 Å². The third kappa shape index (κ3) is 5.00. The number of amides is 1. The average molecular weight is 524 g/mol. The van der Waals surface area contributed by atoms with Crippen molar-refractivity contribution in [2.75, 3.05) is 19.5 Å². The second-order valence-corrected chi connectivity index (χ2v) is 10.7. The first-order valence-electron chi connectivity index (χ1n) is 11.2. The van der Waals surface area contributed by atoms with Crippen LogP contribution in [0.4, 0.5) is 18.2 Å². The fraction of sp³-hybridized carbons (Fsp3) is 0.480. The van der Waals surface area contributed by atoms with Gasteiger partial charge in [0, 0.05) is 4.88 Å². The number of fused-ring (bicyclic) bond motifs is 1. The van der Waals surface area contributed by atoms with E-state index < -0.39 is 23.7 Å². The van der Waals surface area contributed by atoms with Crippen molar-refractivity contribution < 1.29 is 32.2 Å². The van der Waals surface area contributed by atoms with Gasteiger partial charge in [-0.1, -0.05) is 32.9 Å². The third-order valence-electron chi connectivity index (χ3n) is 6.47. The maximum Gasteiger partial charge on any atom is 0.441 e. The van der Waals surface area contributed by atoms with Gasteiger partial charge in [-0.25, -0.2) is 4.79 Å². The Labute approximate surface area is 211 Å². The number of benzene rings is 1. The van der Waals surface area contributed by atoms with Gasteiger partial charge in [0.25, 0.3) is 5.91 Å². The molecule has 1 aromatic carbocycles. The summed E-state index contributed by atoms with van der Waals surface area (Å²) < 4.78 is 53.4. The first-order valence-corrected chi connectivity index (χ1v) is 12.0. The van der Waals surface area contributed by atoms with Crippen LogP contribution in [0.5, 0.6) is 5.75 Å². The van der Waals surface area contributed by atoms with Crippen molar-refractivity contribution in [2.45, 2.75) is 51.9 Å².